The highest BCUT2D eigenvalue weighted by Crippen LogP contribution is 2.20. The van der Waals surface area contributed by atoms with Crippen molar-refractivity contribution in [2.24, 2.45) is 0 Å². The Hall–Kier alpha value is -1.65. The summed E-state index contributed by atoms with van der Waals surface area (Å²) in [6.45, 7) is 4.29. The number of nitrogens with one attached hydrogen (secondary N) is 1. The first-order valence-electron chi connectivity index (χ1n) is 36.3. The van der Waals surface area contributed by atoms with Crippen LogP contribution in [0.25, 0.3) is 0 Å². The van der Waals surface area contributed by atoms with Gasteiger partial charge < -0.3 is 15.5 Å². The summed E-state index contributed by atoms with van der Waals surface area (Å²) >= 11 is 0. The number of carbonyl (C=O) groups excluding carboxylic acids is 1. The van der Waals surface area contributed by atoms with Crippen molar-refractivity contribution in [3.05, 3.63) is 48.6 Å². The van der Waals surface area contributed by atoms with Crippen molar-refractivity contribution in [1.82, 2.24) is 5.32 Å². The van der Waals surface area contributed by atoms with Gasteiger partial charge in [0.2, 0.25) is 5.91 Å². The zero-order valence-corrected chi connectivity index (χ0v) is 53.9. The Morgan fingerprint density at radius 3 is 0.835 bits per heavy atom. The van der Waals surface area contributed by atoms with E-state index in [1.54, 1.807) is 0 Å². The van der Waals surface area contributed by atoms with Crippen molar-refractivity contribution >= 4 is 5.91 Å². The summed E-state index contributed by atoms with van der Waals surface area (Å²) < 4.78 is 0. The predicted molar refractivity (Wildman–Crippen MR) is 355 cm³/mol. The van der Waals surface area contributed by atoms with Crippen LogP contribution in [-0.2, 0) is 4.79 Å². The van der Waals surface area contributed by atoms with E-state index in [1.807, 2.05) is 0 Å². The first kappa shape index (κ1) is 77.3. The highest BCUT2D eigenvalue weighted by atomic mass is 16.3. The molecule has 0 aromatic rings. The van der Waals surface area contributed by atoms with Gasteiger partial charge in [0.15, 0.2) is 0 Å². The summed E-state index contributed by atoms with van der Waals surface area (Å²) in [6.07, 6.45) is 99.0. The maximum absolute atomic E-state index is 12.6. The van der Waals surface area contributed by atoms with Crippen LogP contribution in [0.1, 0.15) is 406 Å². The molecule has 0 aromatic heterocycles. The Morgan fingerprint density at radius 1 is 0.316 bits per heavy atom. The van der Waals surface area contributed by atoms with E-state index in [9.17, 15) is 15.0 Å². The SMILES string of the molecule is CC/C=C\C/C=C\C/C=C\C/C=C\CCCCCCCCCCCCCCCCCCCCCCCCCCCCC(=O)NC(CO)C(O)CCCCCCCCCCCCCCCCCCCCCCCCCCCCCC. The maximum Gasteiger partial charge on any atom is 0.220 e. The average molecular weight is 1110 g/mol. The number of amides is 1. The van der Waals surface area contributed by atoms with Crippen LogP contribution in [0.4, 0.5) is 0 Å². The molecule has 0 bridgehead atoms. The van der Waals surface area contributed by atoms with E-state index in [0.717, 1.165) is 51.4 Å². The van der Waals surface area contributed by atoms with Crippen LogP contribution in [-0.4, -0.2) is 34.9 Å². The van der Waals surface area contributed by atoms with Crippen molar-refractivity contribution < 1.29 is 15.0 Å². The molecule has 0 spiro atoms. The Labute approximate surface area is 496 Å². The molecule has 79 heavy (non-hydrogen) atoms. The van der Waals surface area contributed by atoms with Gasteiger partial charge in [-0.05, 0) is 51.4 Å². The summed E-state index contributed by atoms with van der Waals surface area (Å²) in [5, 5.41) is 23.5. The monoisotopic (exact) mass is 1110 g/mol. The molecule has 1 amide bonds. The van der Waals surface area contributed by atoms with Crippen LogP contribution in [0.5, 0.6) is 0 Å². The van der Waals surface area contributed by atoms with Crippen LogP contribution < -0.4 is 5.32 Å². The van der Waals surface area contributed by atoms with Gasteiger partial charge in [-0.15, -0.1) is 0 Å². The second-order valence-corrected chi connectivity index (χ2v) is 25.0. The summed E-state index contributed by atoms with van der Waals surface area (Å²) in [7, 11) is 0. The molecule has 0 saturated carbocycles. The number of hydrogen-bond donors (Lipinski definition) is 3. The molecular weight excluding hydrogens is 963 g/mol. The minimum atomic E-state index is -0.660. The predicted octanol–water partition coefficient (Wildman–Crippen LogP) is 24.9. The normalized spacial score (nSPS) is 12.9. The molecule has 0 radical (unpaired) electrons. The van der Waals surface area contributed by atoms with Crippen LogP contribution in [0.3, 0.4) is 0 Å². The Kier molecular flexibility index (Phi) is 69.1. The highest BCUT2D eigenvalue weighted by molar-refractivity contribution is 5.76. The van der Waals surface area contributed by atoms with Crippen molar-refractivity contribution in [3.63, 3.8) is 0 Å². The van der Waals surface area contributed by atoms with E-state index in [2.05, 4.69) is 67.8 Å². The lowest BCUT2D eigenvalue weighted by Gasteiger charge is -2.22. The zero-order valence-electron chi connectivity index (χ0n) is 53.9. The van der Waals surface area contributed by atoms with E-state index in [4.69, 9.17) is 0 Å². The van der Waals surface area contributed by atoms with Crippen molar-refractivity contribution in [2.45, 2.75) is 418 Å². The molecule has 466 valence electrons. The third-order valence-electron chi connectivity index (χ3n) is 17.1. The van der Waals surface area contributed by atoms with Crippen molar-refractivity contribution in [3.8, 4) is 0 Å². The minimum absolute atomic E-state index is 0.0218. The molecule has 0 aliphatic heterocycles. The van der Waals surface area contributed by atoms with E-state index in [1.165, 1.54) is 327 Å². The Balaban J connectivity index is 3.37. The van der Waals surface area contributed by atoms with Crippen LogP contribution in [0.15, 0.2) is 48.6 Å². The van der Waals surface area contributed by atoms with Gasteiger partial charge in [0, 0.05) is 6.42 Å². The van der Waals surface area contributed by atoms with Gasteiger partial charge in [0.25, 0.3) is 0 Å². The number of carbonyl (C=O) groups is 1. The third-order valence-corrected chi connectivity index (χ3v) is 17.1. The first-order valence-corrected chi connectivity index (χ1v) is 36.3. The minimum Gasteiger partial charge on any atom is -0.394 e. The largest absolute Gasteiger partial charge is 0.394 e. The molecule has 4 nitrogen and oxygen atoms in total. The lowest BCUT2D eigenvalue weighted by molar-refractivity contribution is -0.123. The number of rotatable bonds is 68. The zero-order chi connectivity index (χ0) is 56.9. The van der Waals surface area contributed by atoms with E-state index in [0.29, 0.717) is 12.8 Å². The highest BCUT2D eigenvalue weighted by Gasteiger charge is 2.20. The van der Waals surface area contributed by atoms with Crippen LogP contribution in [0, 0.1) is 0 Å². The third kappa shape index (κ3) is 67.0. The molecule has 0 aromatic carbocycles. The lowest BCUT2D eigenvalue weighted by Crippen LogP contribution is -2.45. The molecule has 0 aliphatic carbocycles. The van der Waals surface area contributed by atoms with Gasteiger partial charge in [0.05, 0.1) is 18.8 Å². The standard InChI is InChI=1S/C75H143NO3/c1-3-5-7-9-11-13-15-17-19-21-23-25-27-29-31-33-34-35-36-37-38-39-40-41-42-43-45-47-49-51-53-55-57-59-61-63-65-67-69-71-75(79)76-73(72-77)74(78)70-68-66-64-62-60-58-56-54-52-50-48-46-44-32-30-28-26-24-22-20-18-16-14-12-10-8-6-4-2/h5,7,11,13,17,19,23,25,73-74,77-78H,3-4,6,8-10,12,14-16,18,20-22,24,26-72H2,1-2H3,(H,76,79)/b7-5-,13-11-,19-17-,25-23-. The summed E-state index contributed by atoms with van der Waals surface area (Å²) in [4.78, 5) is 12.6. The number of aliphatic hydroxyl groups is 2. The summed E-state index contributed by atoms with van der Waals surface area (Å²) in [5.41, 5.74) is 0. The molecule has 0 saturated heterocycles. The van der Waals surface area contributed by atoms with Gasteiger partial charge in [0.1, 0.15) is 0 Å². The molecule has 2 unspecified atom stereocenters. The molecule has 0 fully saturated rings. The topological polar surface area (TPSA) is 69.6 Å². The molecular formula is C75H143NO3. The molecule has 4 heteroatoms. The number of hydrogen-bond acceptors (Lipinski definition) is 3. The molecule has 3 N–H and O–H groups in total. The first-order chi connectivity index (χ1) is 39.2. The van der Waals surface area contributed by atoms with Gasteiger partial charge in [-0.1, -0.05) is 396 Å². The molecule has 0 heterocycles. The fourth-order valence-corrected chi connectivity index (χ4v) is 11.7. The summed E-state index contributed by atoms with van der Waals surface area (Å²) in [5.74, 6) is -0.0218. The average Bonchev–Trinajstić information content (AvgIpc) is 3.45. The quantitative estimate of drug-likeness (QED) is 0.0420. The number of unbranched alkanes of at least 4 members (excludes halogenated alkanes) is 53. The Bertz CT molecular complexity index is 1250. The van der Waals surface area contributed by atoms with E-state index >= 15 is 0 Å². The lowest BCUT2D eigenvalue weighted by atomic mass is 10.0. The molecule has 2 atom stereocenters. The van der Waals surface area contributed by atoms with E-state index in [-0.39, 0.29) is 12.5 Å². The van der Waals surface area contributed by atoms with E-state index < -0.39 is 12.1 Å². The van der Waals surface area contributed by atoms with Crippen molar-refractivity contribution in [1.29, 1.82) is 0 Å². The Morgan fingerprint density at radius 2 is 0.557 bits per heavy atom. The molecule has 0 rings (SSSR count). The van der Waals surface area contributed by atoms with Gasteiger partial charge in [-0.3, -0.25) is 4.79 Å². The van der Waals surface area contributed by atoms with Crippen LogP contribution in [0.2, 0.25) is 0 Å². The smallest absolute Gasteiger partial charge is 0.220 e. The van der Waals surface area contributed by atoms with Crippen molar-refractivity contribution in [2.75, 3.05) is 6.61 Å². The molecule has 0 aliphatic rings. The van der Waals surface area contributed by atoms with Crippen LogP contribution >= 0.6 is 0 Å². The number of allylic oxidation sites excluding steroid dienone is 8. The number of aliphatic hydroxyl groups excluding tert-OH is 2. The summed E-state index contributed by atoms with van der Waals surface area (Å²) in [6, 6.07) is -0.536. The van der Waals surface area contributed by atoms with Gasteiger partial charge in [-0.2, -0.15) is 0 Å². The van der Waals surface area contributed by atoms with Gasteiger partial charge >= 0.3 is 0 Å². The van der Waals surface area contributed by atoms with Gasteiger partial charge in [-0.25, -0.2) is 0 Å². The fraction of sp³-hybridized carbons (Fsp3) is 0.880. The second-order valence-electron chi connectivity index (χ2n) is 25.0. The second kappa shape index (κ2) is 70.6. The fourth-order valence-electron chi connectivity index (χ4n) is 11.7. The maximum atomic E-state index is 12.6.